The predicted molar refractivity (Wildman–Crippen MR) is 72.3 cm³/mol. The highest BCUT2D eigenvalue weighted by atomic mass is 16.5. The van der Waals surface area contributed by atoms with Crippen molar-refractivity contribution >= 4 is 17.5 Å². The molecule has 1 aromatic rings. The van der Waals surface area contributed by atoms with Gasteiger partial charge >= 0.3 is 0 Å². The molecule has 20 heavy (non-hydrogen) atoms. The zero-order valence-corrected chi connectivity index (χ0v) is 10.9. The van der Waals surface area contributed by atoms with Gasteiger partial charge < -0.3 is 9.84 Å². The van der Waals surface area contributed by atoms with Gasteiger partial charge in [0.25, 0.3) is 11.8 Å². The van der Waals surface area contributed by atoms with E-state index < -0.39 is 11.8 Å². The summed E-state index contributed by atoms with van der Waals surface area (Å²) in [7, 11) is 0. The van der Waals surface area contributed by atoms with E-state index in [0.29, 0.717) is 12.2 Å². The first-order valence-electron chi connectivity index (χ1n) is 6.68. The molecule has 0 saturated carbocycles. The summed E-state index contributed by atoms with van der Waals surface area (Å²) in [6, 6.07) is 5.05. The van der Waals surface area contributed by atoms with Gasteiger partial charge in [0.15, 0.2) is 0 Å². The van der Waals surface area contributed by atoms with Gasteiger partial charge in [-0.05, 0) is 25.3 Å². The predicted octanol–water partition coefficient (Wildman–Crippen LogP) is 2.06. The fourth-order valence-electron chi connectivity index (χ4n) is 2.61. The van der Waals surface area contributed by atoms with Crippen LogP contribution in [0.5, 0.6) is 5.75 Å². The zero-order chi connectivity index (χ0) is 14.1. The van der Waals surface area contributed by atoms with Crippen molar-refractivity contribution in [1.29, 1.82) is 0 Å². The van der Waals surface area contributed by atoms with Crippen LogP contribution in [0.1, 0.15) is 30.9 Å². The Morgan fingerprint density at radius 1 is 1.15 bits per heavy atom. The van der Waals surface area contributed by atoms with E-state index >= 15 is 0 Å². The molecule has 0 spiro atoms. The van der Waals surface area contributed by atoms with Crippen molar-refractivity contribution in [1.82, 2.24) is 0 Å². The molecule has 0 bridgehead atoms. The summed E-state index contributed by atoms with van der Waals surface area (Å²) in [4.78, 5) is 24.4. The summed E-state index contributed by atoms with van der Waals surface area (Å²) in [6.07, 6.45) is 5.11. The average Bonchev–Trinajstić information content (AvgIpc) is 2.80. The van der Waals surface area contributed by atoms with Gasteiger partial charge in [0, 0.05) is 24.3 Å². The van der Waals surface area contributed by atoms with Crippen LogP contribution < -0.4 is 4.90 Å². The minimum atomic E-state index is -0.438. The molecule has 1 saturated heterocycles. The van der Waals surface area contributed by atoms with Gasteiger partial charge in [-0.2, -0.15) is 0 Å². The Labute approximate surface area is 116 Å². The molecule has 5 nitrogen and oxygen atoms in total. The lowest BCUT2D eigenvalue weighted by atomic mass is 9.99. The Balaban J connectivity index is 1.97. The molecule has 5 heteroatoms. The number of rotatable bonds is 2. The number of anilines is 1. The second-order valence-corrected chi connectivity index (χ2v) is 4.92. The van der Waals surface area contributed by atoms with Gasteiger partial charge in [0.05, 0.1) is 11.8 Å². The number of aromatic hydroxyl groups is 1. The molecule has 2 aliphatic heterocycles. The van der Waals surface area contributed by atoms with Crippen LogP contribution in [0.2, 0.25) is 0 Å². The fraction of sp³-hybridized carbons (Fsp3) is 0.333. The first-order valence-corrected chi connectivity index (χ1v) is 6.68. The summed E-state index contributed by atoms with van der Waals surface area (Å²) in [5, 5.41) is 10.4. The molecule has 0 aromatic heterocycles. The second kappa shape index (κ2) is 5.09. The third-order valence-corrected chi connectivity index (χ3v) is 3.62. The third kappa shape index (κ3) is 2.10. The van der Waals surface area contributed by atoms with E-state index in [1.165, 1.54) is 12.2 Å². The maximum atomic E-state index is 11.7. The van der Waals surface area contributed by atoms with E-state index in [1.807, 2.05) is 0 Å². The highest BCUT2D eigenvalue weighted by Crippen LogP contribution is 2.39. The monoisotopic (exact) mass is 273 g/mol. The second-order valence-electron chi connectivity index (χ2n) is 4.92. The van der Waals surface area contributed by atoms with Crippen LogP contribution >= 0.6 is 0 Å². The Morgan fingerprint density at radius 2 is 1.90 bits per heavy atom. The number of hydrogen-bond acceptors (Lipinski definition) is 4. The number of imide groups is 1. The van der Waals surface area contributed by atoms with Gasteiger partial charge in [-0.1, -0.05) is 12.1 Å². The Morgan fingerprint density at radius 3 is 2.55 bits per heavy atom. The minimum Gasteiger partial charge on any atom is -0.505 e. The molecule has 2 heterocycles. The molecule has 0 aliphatic carbocycles. The Kier molecular flexibility index (Phi) is 3.28. The van der Waals surface area contributed by atoms with E-state index in [9.17, 15) is 14.7 Å². The normalized spacial score (nSPS) is 22.6. The SMILES string of the molecule is O=C1C=CC(=O)N1c1cccc(C2CCCCO2)c1O. The fourth-order valence-corrected chi connectivity index (χ4v) is 2.61. The van der Waals surface area contributed by atoms with Crippen molar-refractivity contribution in [3.63, 3.8) is 0 Å². The maximum Gasteiger partial charge on any atom is 0.258 e. The largest absolute Gasteiger partial charge is 0.505 e. The quantitative estimate of drug-likeness (QED) is 0.838. The molecular weight excluding hydrogens is 258 g/mol. The first-order chi connectivity index (χ1) is 9.68. The van der Waals surface area contributed by atoms with Crippen molar-refractivity contribution in [2.75, 3.05) is 11.5 Å². The van der Waals surface area contributed by atoms with Crippen molar-refractivity contribution in [2.45, 2.75) is 25.4 Å². The lowest BCUT2D eigenvalue weighted by Crippen LogP contribution is -2.29. The highest BCUT2D eigenvalue weighted by Gasteiger charge is 2.29. The molecule has 0 radical (unpaired) electrons. The molecule has 1 N–H and O–H groups in total. The summed E-state index contributed by atoms with van der Waals surface area (Å²) in [5.74, 6) is -0.927. The lowest BCUT2D eigenvalue weighted by molar-refractivity contribution is -0.120. The molecule has 1 unspecified atom stereocenters. The zero-order valence-electron chi connectivity index (χ0n) is 10.9. The number of para-hydroxylation sites is 1. The number of phenolic OH excluding ortho intramolecular Hbond substituents is 1. The Hall–Kier alpha value is -2.14. The van der Waals surface area contributed by atoms with Crippen molar-refractivity contribution < 1.29 is 19.4 Å². The average molecular weight is 273 g/mol. The first kappa shape index (κ1) is 12.9. The van der Waals surface area contributed by atoms with Gasteiger partial charge in [0.1, 0.15) is 5.75 Å². The topological polar surface area (TPSA) is 66.8 Å². The molecule has 1 atom stereocenters. The van der Waals surface area contributed by atoms with E-state index in [-0.39, 0.29) is 17.5 Å². The molecule has 2 amide bonds. The summed E-state index contributed by atoms with van der Waals surface area (Å²) >= 11 is 0. The van der Waals surface area contributed by atoms with Gasteiger partial charge in [-0.15, -0.1) is 0 Å². The molecule has 2 aliphatic rings. The van der Waals surface area contributed by atoms with Gasteiger partial charge in [0.2, 0.25) is 0 Å². The molecular formula is C15H15NO4. The smallest absolute Gasteiger partial charge is 0.258 e. The maximum absolute atomic E-state index is 11.7. The van der Waals surface area contributed by atoms with Gasteiger partial charge in [-0.25, -0.2) is 4.90 Å². The Bertz CT molecular complexity index is 570. The summed E-state index contributed by atoms with van der Waals surface area (Å²) in [5.41, 5.74) is 0.853. The minimum absolute atomic E-state index is 0.0511. The van der Waals surface area contributed by atoms with Crippen LogP contribution in [0.3, 0.4) is 0 Å². The van der Waals surface area contributed by atoms with Gasteiger partial charge in [-0.3, -0.25) is 9.59 Å². The van der Waals surface area contributed by atoms with E-state index in [1.54, 1.807) is 18.2 Å². The number of amides is 2. The molecule has 104 valence electrons. The summed E-state index contributed by atoms with van der Waals surface area (Å²) < 4.78 is 5.65. The van der Waals surface area contributed by atoms with Crippen LogP contribution in [0.4, 0.5) is 5.69 Å². The standard InChI is InChI=1S/C15H15NO4/c17-13-7-8-14(18)16(13)11-5-3-4-10(15(11)19)12-6-1-2-9-20-12/h3-5,7-8,12,19H,1-2,6,9H2. The van der Waals surface area contributed by atoms with Crippen LogP contribution in [-0.2, 0) is 14.3 Å². The number of carbonyl (C=O) groups excluding carboxylic acids is 2. The lowest BCUT2D eigenvalue weighted by Gasteiger charge is -2.25. The number of hydrogen-bond donors (Lipinski definition) is 1. The molecule has 3 rings (SSSR count). The highest BCUT2D eigenvalue weighted by molar-refractivity contribution is 6.28. The number of ether oxygens (including phenoxy) is 1. The van der Waals surface area contributed by atoms with Crippen molar-refractivity contribution in [3.8, 4) is 5.75 Å². The van der Waals surface area contributed by atoms with Crippen LogP contribution in [0.25, 0.3) is 0 Å². The summed E-state index contributed by atoms with van der Waals surface area (Å²) in [6.45, 7) is 0.664. The number of nitrogens with zero attached hydrogens (tertiary/aromatic N) is 1. The van der Waals surface area contributed by atoms with E-state index in [0.717, 1.165) is 24.2 Å². The van der Waals surface area contributed by atoms with Crippen molar-refractivity contribution in [2.24, 2.45) is 0 Å². The van der Waals surface area contributed by atoms with Crippen LogP contribution in [0.15, 0.2) is 30.4 Å². The number of carbonyl (C=O) groups is 2. The third-order valence-electron chi connectivity index (χ3n) is 3.62. The van der Waals surface area contributed by atoms with Crippen molar-refractivity contribution in [3.05, 3.63) is 35.9 Å². The van der Waals surface area contributed by atoms with Crippen LogP contribution in [-0.4, -0.2) is 23.5 Å². The number of phenols is 1. The molecule has 1 fully saturated rings. The number of benzene rings is 1. The van der Waals surface area contributed by atoms with E-state index in [4.69, 9.17) is 4.74 Å². The van der Waals surface area contributed by atoms with E-state index in [2.05, 4.69) is 0 Å². The molecule has 1 aromatic carbocycles. The van der Waals surface area contributed by atoms with Crippen LogP contribution in [0, 0.1) is 0 Å².